The van der Waals surface area contributed by atoms with E-state index in [-0.39, 0.29) is 6.42 Å². The van der Waals surface area contributed by atoms with E-state index in [0.29, 0.717) is 24.3 Å². The van der Waals surface area contributed by atoms with Gasteiger partial charge in [-0.3, -0.25) is 4.79 Å². The molecule has 112 valence electrons. The summed E-state index contributed by atoms with van der Waals surface area (Å²) in [4.78, 5) is 11.9. The minimum Gasteiger partial charge on any atom is -0.385 e. The van der Waals surface area contributed by atoms with E-state index >= 15 is 0 Å². The number of hydrogen-bond donors (Lipinski definition) is 2. The van der Waals surface area contributed by atoms with Gasteiger partial charge >= 0.3 is 0 Å². The van der Waals surface area contributed by atoms with Crippen molar-refractivity contribution in [2.45, 2.75) is 31.3 Å². The summed E-state index contributed by atoms with van der Waals surface area (Å²) >= 11 is 0. The Balaban J connectivity index is 1.95. The van der Waals surface area contributed by atoms with Gasteiger partial charge in [0.15, 0.2) is 12.1 Å². The number of aliphatic hydroxyl groups excluding tert-OH is 2. The molecule has 1 saturated heterocycles. The SMILES string of the molecule is N#Cc1ccc([C@@H](O)[C@H](O)C(=O)CC2OCCCO2)cc1. The highest BCUT2D eigenvalue weighted by Gasteiger charge is 2.29. The molecule has 0 unspecified atom stereocenters. The molecule has 0 aliphatic carbocycles. The van der Waals surface area contributed by atoms with Crippen LogP contribution in [0.25, 0.3) is 0 Å². The quantitative estimate of drug-likeness (QED) is 0.827. The van der Waals surface area contributed by atoms with Gasteiger partial charge in [-0.25, -0.2) is 0 Å². The number of hydrogen-bond acceptors (Lipinski definition) is 6. The maximum Gasteiger partial charge on any atom is 0.169 e. The standard InChI is InChI=1S/C15H17NO5/c16-9-10-2-4-11(5-3-10)14(18)15(19)12(17)8-13-20-6-1-7-21-13/h2-5,13-15,18-19H,1,6-8H2/t14-,15-/m1/s1. The summed E-state index contributed by atoms with van der Waals surface area (Å²) in [5.74, 6) is -0.543. The first-order valence-corrected chi connectivity index (χ1v) is 6.74. The Labute approximate surface area is 122 Å². The van der Waals surface area contributed by atoms with Crippen LogP contribution in [0.15, 0.2) is 24.3 Å². The van der Waals surface area contributed by atoms with Crippen molar-refractivity contribution < 1.29 is 24.5 Å². The second-order valence-corrected chi connectivity index (χ2v) is 4.82. The lowest BCUT2D eigenvalue weighted by Crippen LogP contribution is -2.34. The molecule has 1 aromatic carbocycles. The van der Waals surface area contributed by atoms with E-state index in [1.54, 1.807) is 0 Å². The van der Waals surface area contributed by atoms with Crippen LogP contribution in [0, 0.1) is 11.3 Å². The highest BCUT2D eigenvalue weighted by atomic mass is 16.7. The second kappa shape index (κ2) is 7.29. The summed E-state index contributed by atoms with van der Waals surface area (Å²) in [6, 6.07) is 8.00. The van der Waals surface area contributed by atoms with Crippen LogP contribution in [-0.4, -0.2) is 41.6 Å². The highest BCUT2D eigenvalue weighted by Crippen LogP contribution is 2.20. The van der Waals surface area contributed by atoms with Gasteiger partial charge in [0, 0.05) is 0 Å². The Morgan fingerprint density at radius 3 is 2.48 bits per heavy atom. The van der Waals surface area contributed by atoms with Gasteiger partial charge < -0.3 is 19.7 Å². The van der Waals surface area contributed by atoms with Crippen molar-refractivity contribution in [1.29, 1.82) is 5.26 Å². The van der Waals surface area contributed by atoms with Crippen LogP contribution in [-0.2, 0) is 14.3 Å². The summed E-state index contributed by atoms with van der Waals surface area (Å²) in [5.41, 5.74) is 0.816. The second-order valence-electron chi connectivity index (χ2n) is 4.82. The topological polar surface area (TPSA) is 99.8 Å². The fraction of sp³-hybridized carbons (Fsp3) is 0.467. The largest absolute Gasteiger partial charge is 0.385 e. The third-order valence-corrected chi connectivity index (χ3v) is 3.27. The number of carbonyl (C=O) groups is 1. The third kappa shape index (κ3) is 4.09. The summed E-state index contributed by atoms with van der Waals surface area (Å²) < 4.78 is 10.5. The van der Waals surface area contributed by atoms with E-state index in [0.717, 1.165) is 6.42 Å². The predicted octanol–water partition coefficient (Wildman–Crippen LogP) is 0.675. The number of nitrogens with zero attached hydrogens (tertiary/aromatic N) is 1. The van der Waals surface area contributed by atoms with Gasteiger partial charge in [-0.15, -0.1) is 0 Å². The molecule has 21 heavy (non-hydrogen) atoms. The van der Waals surface area contributed by atoms with Crippen molar-refractivity contribution in [3.05, 3.63) is 35.4 Å². The molecule has 1 heterocycles. The van der Waals surface area contributed by atoms with Crippen LogP contribution in [0.3, 0.4) is 0 Å². The Bertz CT molecular complexity index is 516. The monoisotopic (exact) mass is 291 g/mol. The van der Waals surface area contributed by atoms with Crippen molar-refractivity contribution in [2.24, 2.45) is 0 Å². The van der Waals surface area contributed by atoms with E-state index in [2.05, 4.69) is 0 Å². The molecule has 2 atom stereocenters. The van der Waals surface area contributed by atoms with Gasteiger partial charge in [0.05, 0.1) is 31.3 Å². The Kier molecular flexibility index (Phi) is 5.42. The summed E-state index contributed by atoms with van der Waals surface area (Å²) in [5, 5.41) is 28.6. The Morgan fingerprint density at radius 1 is 1.29 bits per heavy atom. The molecule has 1 aliphatic heterocycles. The Morgan fingerprint density at radius 2 is 1.90 bits per heavy atom. The van der Waals surface area contributed by atoms with E-state index in [9.17, 15) is 15.0 Å². The predicted molar refractivity (Wildman–Crippen MR) is 72.1 cm³/mol. The first-order valence-electron chi connectivity index (χ1n) is 6.74. The molecule has 1 aliphatic rings. The molecule has 0 amide bonds. The van der Waals surface area contributed by atoms with E-state index in [1.807, 2.05) is 6.07 Å². The van der Waals surface area contributed by atoms with Crippen LogP contribution >= 0.6 is 0 Å². The van der Waals surface area contributed by atoms with Gasteiger partial charge in [-0.2, -0.15) is 5.26 Å². The smallest absolute Gasteiger partial charge is 0.169 e. The Hall–Kier alpha value is -1.78. The first-order chi connectivity index (χ1) is 10.1. The summed E-state index contributed by atoms with van der Waals surface area (Å²) in [6.07, 6.45) is -2.87. The van der Waals surface area contributed by atoms with Crippen molar-refractivity contribution in [3.8, 4) is 6.07 Å². The molecule has 2 N–H and O–H groups in total. The first kappa shape index (κ1) is 15.6. The molecular weight excluding hydrogens is 274 g/mol. The average molecular weight is 291 g/mol. The fourth-order valence-corrected chi connectivity index (χ4v) is 2.05. The van der Waals surface area contributed by atoms with Crippen molar-refractivity contribution in [2.75, 3.05) is 13.2 Å². The highest BCUT2D eigenvalue weighted by molar-refractivity contribution is 5.83. The molecule has 1 aromatic rings. The maximum absolute atomic E-state index is 11.9. The molecule has 6 heteroatoms. The molecule has 0 radical (unpaired) electrons. The maximum atomic E-state index is 11.9. The number of carbonyl (C=O) groups excluding carboxylic acids is 1. The third-order valence-electron chi connectivity index (χ3n) is 3.27. The summed E-state index contributed by atoms with van der Waals surface area (Å²) in [6.45, 7) is 1.04. The van der Waals surface area contributed by atoms with Gasteiger partial charge in [-0.1, -0.05) is 12.1 Å². The molecule has 0 bridgehead atoms. The van der Waals surface area contributed by atoms with Gasteiger partial charge in [-0.05, 0) is 24.1 Å². The van der Waals surface area contributed by atoms with Crippen molar-refractivity contribution in [1.82, 2.24) is 0 Å². The number of aliphatic hydroxyl groups is 2. The fourth-order valence-electron chi connectivity index (χ4n) is 2.05. The average Bonchev–Trinajstić information content (AvgIpc) is 2.54. The molecule has 6 nitrogen and oxygen atoms in total. The number of ketones is 1. The number of rotatable bonds is 5. The van der Waals surface area contributed by atoms with Crippen LogP contribution < -0.4 is 0 Å². The molecular formula is C15H17NO5. The van der Waals surface area contributed by atoms with Gasteiger partial charge in [0.2, 0.25) is 0 Å². The lowest BCUT2D eigenvalue weighted by atomic mass is 9.99. The minimum absolute atomic E-state index is 0.103. The zero-order chi connectivity index (χ0) is 15.2. The number of nitriles is 1. The minimum atomic E-state index is -1.55. The molecule has 0 aromatic heterocycles. The zero-order valence-corrected chi connectivity index (χ0v) is 11.4. The molecule has 0 spiro atoms. The summed E-state index contributed by atoms with van der Waals surface area (Å²) in [7, 11) is 0. The number of benzene rings is 1. The van der Waals surface area contributed by atoms with Crippen LogP contribution in [0.4, 0.5) is 0 Å². The zero-order valence-electron chi connectivity index (χ0n) is 11.4. The van der Waals surface area contributed by atoms with Crippen molar-refractivity contribution in [3.63, 3.8) is 0 Å². The molecule has 0 saturated carbocycles. The van der Waals surface area contributed by atoms with Gasteiger partial charge in [0.25, 0.3) is 0 Å². The number of ether oxygens (including phenoxy) is 2. The van der Waals surface area contributed by atoms with Crippen LogP contribution in [0.5, 0.6) is 0 Å². The normalized spacial score (nSPS) is 18.7. The van der Waals surface area contributed by atoms with E-state index in [4.69, 9.17) is 14.7 Å². The lowest BCUT2D eigenvalue weighted by molar-refractivity contribution is -0.186. The van der Waals surface area contributed by atoms with Crippen molar-refractivity contribution >= 4 is 5.78 Å². The van der Waals surface area contributed by atoms with Crippen LogP contribution in [0.2, 0.25) is 0 Å². The number of Topliss-reactive ketones (excluding diaryl/α,β-unsaturated/α-hetero) is 1. The van der Waals surface area contributed by atoms with Crippen LogP contribution in [0.1, 0.15) is 30.1 Å². The molecule has 2 rings (SSSR count). The lowest BCUT2D eigenvalue weighted by Gasteiger charge is -2.24. The van der Waals surface area contributed by atoms with E-state index < -0.39 is 24.3 Å². The van der Waals surface area contributed by atoms with Gasteiger partial charge in [0.1, 0.15) is 12.2 Å². The van der Waals surface area contributed by atoms with E-state index in [1.165, 1.54) is 24.3 Å². The molecule has 1 fully saturated rings.